The summed E-state index contributed by atoms with van der Waals surface area (Å²) in [6.45, 7) is 2.33. The fraction of sp³-hybridized carbons (Fsp3) is 0.120. The number of non-ortho nitro benzene ring substituents is 1. The van der Waals surface area contributed by atoms with Crippen LogP contribution in [0.3, 0.4) is 0 Å². The first kappa shape index (κ1) is 28.3. The molecule has 0 aliphatic rings. The molecule has 1 N–H and O–H groups in total. The molecular weight excluding hydrogens is 609 g/mol. The molecule has 0 saturated carbocycles. The molecule has 0 aliphatic carbocycles. The molecule has 0 bridgehead atoms. The van der Waals surface area contributed by atoms with Crippen LogP contribution in [0.25, 0.3) is 6.08 Å². The summed E-state index contributed by atoms with van der Waals surface area (Å²) in [6, 6.07) is 14.5. The number of nitrogens with one attached hydrogen (secondary N) is 1. The number of nitro benzene ring substituents is 1. The van der Waals surface area contributed by atoms with Crippen molar-refractivity contribution in [2.75, 3.05) is 11.9 Å². The van der Waals surface area contributed by atoms with E-state index >= 15 is 0 Å². The zero-order valence-electron chi connectivity index (χ0n) is 19.1. The molecule has 0 saturated heterocycles. The number of halogens is 4. The summed E-state index contributed by atoms with van der Waals surface area (Å²) in [7, 11) is 0. The van der Waals surface area contributed by atoms with Gasteiger partial charge in [-0.05, 0) is 52.7 Å². The summed E-state index contributed by atoms with van der Waals surface area (Å²) >= 11 is 21.8. The highest BCUT2D eigenvalue weighted by molar-refractivity contribution is 9.10. The molecule has 3 aromatic carbocycles. The Bertz CT molecular complexity index is 1420. The van der Waals surface area contributed by atoms with Crippen LogP contribution in [0.1, 0.15) is 18.1 Å². The summed E-state index contributed by atoms with van der Waals surface area (Å²) in [6.07, 6.45) is 1.34. The average Bonchev–Trinajstić information content (AvgIpc) is 2.85. The van der Waals surface area contributed by atoms with Gasteiger partial charge >= 0.3 is 0 Å². The van der Waals surface area contributed by atoms with Crippen molar-refractivity contribution in [2.45, 2.75) is 13.5 Å². The topological polar surface area (TPSA) is 114 Å². The molecule has 0 atom stereocenters. The van der Waals surface area contributed by atoms with E-state index in [0.717, 1.165) is 17.7 Å². The third-order valence-electron chi connectivity index (χ3n) is 4.81. The van der Waals surface area contributed by atoms with Crippen LogP contribution in [0, 0.1) is 21.4 Å². The smallest absolute Gasteiger partial charge is 0.272 e. The van der Waals surface area contributed by atoms with E-state index in [2.05, 4.69) is 21.2 Å². The number of benzene rings is 3. The van der Waals surface area contributed by atoms with Crippen LogP contribution in [-0.2, 0) is 11.4 Å². The summed E-state index contributed by atoms with van der Waals surface area (Å²) in [5.74, 6) is -0.00561. The minimum atomic E-state index is -0.812. The minimum Gasteiger partial charge on any atom is -0.490 e. The molecule has 0 unspecified atom stereocenters. The van der Waals surface area contributed by atoms with Crippen molar-refractivity contribution >= 4 is 74.1 Å². The van der Waals surface area contributed by atoms with Gasteiger partial charge in [0, 0.05) is 22.7 Å². The molecule has 37 heavy (non-hydrogen) atoms. The number of hydrogen-bond donors (Lipinski definition) is 1. The molecule has 0 fully saturated rings. The normalized spacial score (nSPS) is 11.0. The highest BCUT2D eigenvalue weighted by Gasteiger charge is 2.19. The average molecular weight is 626 g/mol. The van der Waals surface area contributed by atoms with Gasteiger partial charge in [0.25, 0.3) is 11.6 Å². The third-order valence-corrected chi connectivity index (χ3v) is 6.37. The quantitative estimate of drug-likeness (QED) is 0.112. The van der Waals surface area contributed by atoms with E-state index in [9.17, 15) is 20.2 Å². The second-order valence-electron chi connectivity index (χ2n) is 7.31. The van der Waals surface area contributed by atoms with E-state index in [-0.39, 0.29) is 33.6 Å². The number of nitro groups is 1. The number of nitriles is 1. The molecule has 0 aromatic heterocycles. The van der Waals surface area contributed by atoms with Crippen molar-refractivity contribution in [1.29, 1.82) is 5.26 Å². The zero-order valence-corrected chi connectivity index (χ0v) is 22.9. The van der Waals surface area contributed by atoms with Crippen LogP contribution in [0.2, 0.25) is 15.1 Å². The van der Waals surface area contributed by atoms with E-state index in [0.29, 0.717) is 33.2 Å². The molecule has 0 heterocycles. The van der Waals surface area contributed by atoms with Gasteiger partial charge in [-0.1, -0.05) is 53.0 Å². The van der Waals surface area contributed by atoms with Gasteiger partial charge in [0.05, 0.1) is 31.7 Å². The lowest BCUT2D eigenvalue weighted by Crippen LogP contribution is -2.14. The number of carbonyl (C=O) groups is 1. The van der Waals surface area contributed by atoms with Gasteiger partial charge in [0.2, 0.25) is 0 Å². The van der Waals surface area contributed by atoms with Crippen LogP contribution in [0.5, 0.6) is 11.5 Å². The molecule has 3 aromatic rings. The van der Waals surface area contributed by atoms with Crippen LogP contribution in [-0.4, -0.2) is 17.4 Å². The molecular formula is C25H17BrCl3N3O5. The van der Waals surface area contributed by atoms with Gasteiger partial charge in [-0.25, -0.2) is 0 Å². The Balaban J connectivity index is 1.89. The van der Waals surface area contributed by atoms with Crippen LogP contribution < -0.4 is 14.8 Å². The van der Waals surface area contributed by atoms with Crippen molar-refractivity contribution in [3.05, 3.63) is 94.9 Å². The van der Waals surface area contributed by atoms with Gasteiger partial charge in [0.1, 0.15) is 18.2 Å². The van der Waals surface area contributed by atoms with Gasteiger partial charge in [-0.2, -0.15) is 5.26 Å². The lowest BCUT2D eigenvalue weighted by Gasteiger charge is -2.15. The van der Waals surface area contributed by atoms with Crippen molar-refractivity contribution in [3.63, 3.8) is 0 Å². The van der Waals surface area contributed by atoms with E-state index < -0.39 is 10.8 Å². The SMILES string of the molecule is CCOc1cc(/C=C(\C#N)C(=O)Nc2c(Cl)cc([N+](=O)[O-])cc2Cl)cc(Br)c1OCc1ccccc1Cl. The zero-order chi connectivity index (χ0) is 27.1. The van der Waals surface area contributed by atoms with Crippen molar-refractivity contribution < 1.29 is 19.2 Å². The molecule has 3 rings (SSSR count). The fourth-order valence-electron chi connectivity index (χ4n) is 3.12. The Hall–Kier alpha value is -3.29. The molecule has 0 radical (unpaired) electrons. The molecule has 12 heteroatoms. The van der Waals surface area contributed by atoms with E-state index in [1.807, 2.05) is 24.3 Å². The monoisotopic (exact) mass is 623 g/mol. The summed E-state index contributed by atoms with van der Waals surface area (Å²) in [4.78, 5) is 23.1. The number of anilines is 1. The maximum atomic E-state index is 12.8. The van der Waals surface area contributed by atoms with Gasteiger partial charge in [-0.3, -0.25) is 14.9 Å². The van der Waals surface area contributed by atoms with Crippen LogP contribution >= 0.6 is 50.7 Å². The Morgan fingerprint density at radius 1 is 1.14 bits per heavy atom. The number of hydrogen-bond acceptors (Lipinski definition) is 6. The third kappa shape index (κ3) is 7.14. The second kappa shape index (κ2) is 12.8. The second-order valence-corrected chi connectivity index (χ2v) is 9.38. The Kier molecular flexibility index (Phi) is 9.78. The maximum Gasteiger partial charge on any atom is 0.272 e. The van der Waals surface area contributed by atoms with Crippen LogP contribution in [0.15, 0.2) is 58.6 Å². The predicted octanol–water partition coefficient (Wildman–Crippen LogP) is 7.84. The Morgan fingerprint density at radius 3 is 2.41 bits per heavy atom. The first-order valence-electron chi connectivity index (χ1n) is 10.5. The highest BCUT2D eigenvalue weighted by atomic mass is 79.9. The Labute approximate surface area is 235 Å². The van der Waals surface area contributed by atoms with Gasteiger partial charge in [0.15, 0.2) is 11.5 Å². The summed E-state index contributed by atoms with van der Waals surface area (Å²) < 4.78 is 12.2. The number of nitrogens with zero attached hydrogens (tertiary/aromatic N) is 2. The number of ether oxygens (including phenoxy) is 2. The van der Waals surface area contributed by atoms with E-state index in [1.165, 1.54) is 6.08 Å². The van der Waals surface area contributed by atoms with Crippen molar-refractivity contribution in [3.8, 4) is 17.6 Å². The maximum absolute atomic E-state index is 12.8. The van der Waals surface area contributed by atoms with E-state index in [4.69, 9.17) is 44.3 Å². The first-order valence-corrected chi connectivity index (χ1v) is 12.5. The largest absolute Gasteiger partial charge is 0.490 e. The standard InChI is InChI=1S/C25H17BrCl3N3O5/c1-2-36-22-9-14(8-18(26)24(22)37-13-15-5-3-4-6-19(15)27)7-16(12-30)25(33)31-23-20(28)10-17(32(34)35)11-21(23)29/h3-11H,2,13H2,1H3,(H,31,33)/b16-7+. The summed E-state index contributed by atoms with van der Waals surface area (Å²) in [5, 5.41) is 23.3. The molecule has 8 nitrogen and oxygen atoms in total. The molecule has 190 valence electrons. The van der Waals surface area contributed by atoms with Crippen LogP contribution in [0.4, 0.5) is 11.4 Å². The first-order chi connectivity index (χ1) is 17.6. The highest BCUT2D eigenvalue weighted by Crippen LogP contribution is 2.39. The van der Waals surface area contributed by atoms with Gasteiger partial charge < -0.3 is 14.8 Å². The lowest BCUT2D eigenvalue weighted by molar-refractivity contribution is -0.384. The minimum absolute atomic E-state index is 0.0559. The fourth-order valence-corrected chi connectivity index (χ4v) is 4.45. The number of amides is 1. The van der Waals surface area contributed by atoms with E-state index in [1.54, 1.807) is 25.1 Å². The number of rotatable bonds is 9. The predicted molar refractivity (Wildman–Crippen MR) is 146 cm³/mol. The molecule has 0 aliphatic heterocycles. The van der Waals surface area contributed by atoms with Crippen molar-refractivity contribution in [1.82, 2.24) is 0 Å². The lowest BCUT2D eigenvalue weighted by atomic mass is 10.1. The number of carbonyl (C=O) groups excluding carboxylic acids is 1. The Morgan fingerprint density at radius 2 is 1.81 bits per heavy atom. The molecule has 0 spiro atoms. The molecule has 1 amide bonds. The summed E-state index contributed by atoms with van der Waals surface area (Å²) in [5.41, 5.74) is 0.584. The van der Waals surface area contributed by atoms with Crippen molar-refractivity contribution in [2.24, 2.45) is 0 Å². The van der Waals surface area contributed by atoms with Gasteiger partial charge in [-0.15, -0.1) is 0 Å².